The van der Waals surface area contributed by atoms with Crippen LogP contribution in [-0.4, -0.2) is 54.6 Å². The second-order valence-corrected chi connectivity index (χ2v) is 7.37. The van der Waals surface area contributed by atoms with Crippen molar-refractivity contribution in [2.45, 2.75) is 51.1 Å². The van der Waals surface area contributed by atoms with Crippen molar-refractivity contribution in [2.75, 3.05) is 25.0 Å². The predicted molar refractivity (Wildman–Crippen MR) is 120 cm³/mol. The topological polar surface area (TPSA) is 173 Å². The molecule has 12 nitrogen and oxygen atoms in total. The number of carbonyl (C=O) groups excluding carboxylic acids is 2. The fourth-order valence-electron chi connectivity index (χ4n) is 3.30. The zero-order valence-electron chi connectivity index (χ0n) is 18.1. The highest BCUT2D eigenvalue weighted by Gasteiger charge is 2.30. The van der Waals surface area contributed by atoms with E-state index in [0.29, 0.717) is 51.1 Å². The minimum Gasteiger partial charge on any atom is -0.494 e. The molecule has 2 unspecified atom stereocenters. The first-order chi connectivity index (χ1) is 15.4. The maximum Gasteiger partial charge on any atom is 0.266 e. The molecular formula is C20H31N7O5. The molecule has 1 saturated heterocycles. The number of amides is 2. The molecule has 32 heavy (non-hydrogen) atoms. The molecule has 1 aromatic carbocycles. The molecule has 12 heteroatoms. The molecule has 2 rings (SSSR count). The summed E-state index contributed by atoms with van der Waals surface area (Å²) in [7, 11) is 0. The summed E-state index contributed by atoms with van der Waals surface area (Å²) in [5, 5.41) is 23.8. The average molecular weight is 450 g/mol. The summed E-state index contributed by atoms with van der Waals surface area (Å²) in [6.07, 6.45) is 3.05. The van der Waals surface area contributed by atoms with Gasteiger partial charge in [-0.05, 0) is 50.5 Å². The van der Waals surface area contributed by atoms with Gasteiger partial charge in [-0.2, -0.15) is 0 Å². The zero-order valence-corrected chi connectivity index (χ0v) is 18.1. The van der Waals surface area contributed by atoms with Crippen molar-refractivity contribution in [1.82, 2.24) is 16.0 Å². The number of nitrogens with two attached hydrogens (primary N) is 1. The lowest BCUT2D eigenvalue weighted by atomic mass is 10.1. The van der Waals surface area contributed by atoms with Crippen molar-refractivity contribution >= 4 is 23.5 Å². The van der Waals surface area contributed by atoms with Crippen molar-refractivity contribution in [3.05, 3.63) is 34.4 Å². The Morgan fingerprint density at radius 3 is 2.72 bits per heavy atom. The highest BCUT2D eigenvalue weighted by atomic mass is 16.7. The maximum absolute atomic E-state index is 12.5. The molecule has 1 aromatic rings. The maximum atomic E-state index is 12.5. The highest BCUT2D eigenvalue weighted by molar-refractivity contribution is 5.95. The number of hydrogen-bond acceptors (Lipinski definition) is 6. The van der Waals surface area contributed by atoms with E-state index in [-0.39, 0.29) is 29.9 Å². The Bertz CT molecular complexity index is 800. The van der Waals surface area contributed by atoms with Gasteiger partial charge >= 0.3 is 0 Å². The molecule has 6 N–H and O–H groups in total. The molecule has 0 spiro atoms. The number of nitrogens with zero attached hydrogens (tertiary/aromatic N) is 2. The van der Waals surface area contributed by atoms with Gasteiger partial charge in [0.1, 0.15) is 10.9 Å². The SMILES string of the molecule is CCOc1ccc(NC(=O)C2CC(NC(=O)CCCCCN/C(N)=N/[N+](=O)[O-])CN2)cc1. The van der Waals surface area contributed by atoms with Crippen LogP contribution in [0.1, 0.15) is 39.0 Å². The number of ether oxygens (including phenoxy) is 1. The molecule has 2 amide bonds. The van der Waals surface area contributed by atoms with Gasteiger partial charge in [0, 0.05) is 31.2 Å². The first-order valence-corrected chi connectivity index (χ1v) is 10.7. The molecule has 1 aliphatic rings. The van der Waals surface area contributed by atoms with E-state index in [0.717, 1.165) is 12.2 Å². The summed E-state index contributed by atoms with van der Waals surface area (Å²) >= 11 is 0. The number of guanidine groups is 1. The second-order valence-electron chi connectivity index (χ2n) is 7.37. The lowest BCUT2D eigenvalue weighted by molar-refractivity contribution is -0.485. The third kappa shape index (κ3) is 9.16. The third-order valence-corrected chi connectivity index (χ3v) is 4.82. The van der Waals surface area contributed by atoms with Gasteiger partial charge in [0.2, 0.25) is 11.8 Å². The number of benzene rings is 1. The fourth-order valence-corrected chi connectivity index (χ4v) is 3.30. The Morgan fingerprint density at radius 2 is 2.03 bits per heavy atom. The van der Waals surface area contributed by atoms with Crippen LogP contribution in [0.5, 0.6) is 5.75 Å². The number of carbonyl (C=O) groups is 2. The van der Waals surface area contributed by atoms with Crippen LogP contribution in [0.2, 0.25) is 0 Å². The van der Waals surface area contributed by atoms with E-state index in [4.69, 9.17) is 10.5 Å². The fraction of sp³-hybridized carbons (Fsp3) is 0.550. The van der Waals surface area contributed by atoms with Gasteiger partial charge in [-0.3, -0.25) is 9.59 Å². The smallest absolute Gasteiger partial charge is 0.266 e. The number of rotatable bonds is 12. The molecule has 0 radical (unpaired) electrons. The van der Waals surface area contributed by atoms with Crippen LogP contribution in [0, 0.1) is 10.1 Å². The Morgan fingerprint density at radius 1 is 1.28 bits per heavy atom. The van der Waals surface area contributed by atoms with E-state index in [9.17, 15) is 19.7 Å². The first kappa shape index (κ1) is 24.9. The van der Waals surface area contributed by atoms with Crippen LogP contribution >= 0.6 is 0 Å². The van der Waals surface area contributed by atoms with E-state index < -0.39 is 5.03 Å². The van der Waals surface area contributed by atoms with Gasteiger partial charge in [0.25, 0.3) is 5.96 Å². The standard InChI is InChI=1S/C20H31N7O5/c1-2-32-16-9-7-14(8-10-16)25-19(29)17-12-15(13-23-17)24-18(28)6-4-3-5-11-22-20(21)26-27(30)31/h7-10,15,17,23H,2-6,11-13H2,1H3,(H,24,28)(H,25,29)(H3,21,22,26). The van der Waals surface area contributed by atoms with Crippen molar-refractivity contribution < 1.29 is 19.4 Å². The summed E-state index contributed by atoms with van der Waals surface area (Å²) in [5.74, 6) is 0.309. The largest absolute Gasteiger partial charge is 0.494 e. The molecule has 0 bridgehead atoms. The van der Waals surface area contributed by atoms with Crippen LogP contribution in [0.3, 0.4) is 0 Å². The van der Waals surface area contributed by atoms with Crippen molar-refractivity contribution in [3.63, 3.8) is 0 Å². The molecule has 176 valence electrons. The lowest BCUT2D eigenvalue weighted by Crippen LogP contribution is -2.36. The first-order valence-electron chi connectivity index (χ1n) is 10.7. The van der Waals surface area contributed by atoms with Gasteiger partial charge in [0.15, 0.2) is 5.03 Å². The number of anilines is 1. The van der Waals surface area contributed by atoms with Crippen LogP contribution in [0.15, 0.2) is 29.4 Å². The minimum absolute atomic E-state index is 0.0632. The van der Waals surface area contributed by atoms with E-state index in [1.54, 1.807) is 24.3 Å². The summed E-state index contributed by atoms with van der Waals surface area (Å²) in [6.45, 7) is 3.47. The molecule has 0 saturated carbocycles. The quantitative estimate of drug-likeness (QED) is 0.101. The van der Waals surface area contributed by atoms with Crippen LogP contribution in [0.4, 0.5) is 5.69 Å². The van der Waals surface area contributed by atoms with E-state index in [2.05, 4.69) is 26.4 Å². The van der Waals surface area contributed by atoms with Gasteiger partial charge in [-0.25, -0.2) is 10.1 Å². The Labute approximate surface area is 186 Å². The van der Waals surface area contributed by atoms with Gasteiger partial charge in [0.05, 0.1) is 12.6 Å². The van der Waals surface area contributed by atoms with E-state index in [1.807, 2.05) is 6.92 Å². The van der Waals surface area contributed by atoms with Crippen molar-refractivity contribution in [1.29, 1.82) is 0 Å². The zero-order chi connectivity index (χ0) is 23.3. The molecule has 2 atom stereocenters. The van der Waals surface area contributed by atoms with Crippen LogP contribution in [0.25, 0.3) is 0 Å². The minimum atomic E-state index is -0.862. The number of hydrogen-bond donors (Lipinski definition) is 5. The second kappa shape index (κ2) is 13.1. The van der Waals surface area contributed by atoms with E-state index >= 15 is 0 Å². The number of nitrogens with one attached hydrogen (secondary N) is 4. The molecule has 0 aromatic heterocycles. The monoisotopic (exact) mass is 449 g/mol. The summed E-state index contributed by atoms with van der Waals surface area (Å²) in [4.78, 5) is 34.7. The van der Waals surface area contributed by atoms with Crippen LogP contribution in [-0.2, 0) is 9.59 Å². The molecule has 1 fully saturated rings. The Kier molecular flexibility index (Phi) is 10.2. The van der Waals surface area contributed by atoms with Gasteiger partial charge in [-0.1, -0.05) is 6.42 Å². The number of nitro groups is 1. The van der Waals surface area contributed by atoms with Gasteiger partial charge < -0.3 is 31.7 Å². The Hall–Kier alpha value is -3.41. The number of hydrazone groups is 1. The highest BCUT2D eigenvalue weighted by Crippen LogP contribution is 2.17. The number of unbranched alkanes of at least 4 members (excludes halogenated alkanes) is 2. The lowest BCUT2D eigenvalue weighted by Gasteiger charge is -2.13. The average Bonchev–Trinajstić information content (AvgIpc) is 3.20. The van der Waals surface area contributed by atoms with Crippen molar-refractivity contribution in [3.8, 4) is 5.75 Å². The van der Waals surface area contributed by atoms with Crippen molar-refractivity contribution in [2.24, 2.45) is 10.8 Å². The molecule has 0 aliphatic carbocycles. The Balaban J connectivity index is 1.60. The molecule has 1 aliphatic heterocycles. The predicted octanol–water partition coefficient (Wildman–Crippen LogP) is 0.527. The summed E-state index contributed by atoms with van der Waals surface area (Å²) in [5.41, 5.74) is 6.00. The third-order valence-electron chi connectivity index (χ3n) is 4.82. The molecular weight excluding hydrogens is 418 g/mol. The van der Waals surface area contributed by atoms with Crippen LogP contribution < -0.4 is 31.7 Å². The normalized spacial score (nSPS) is 18.1. The summed E-state index contributed by atoms with van der Waals surface area (Å²) in [6, 6.07) is 6.71. The molecule has 1 heterocycles. The van der Waals surface area contributed by atoms with Gasteiger partial charge in [-0.15, -0.1) is 0 Å². The van der Waals surface area contributed by atoms with E-state index in [1.165, 1.54) is 0 Å². The summed E-state index contributed by atoms with van der Waals surface area (Å²) < 4.78 is 5.39.